The molecule has 0 fully saturated rings. The number of carbonyl (C=O) groups excluding carboxylic acids is 1. The second kappa shape index (κ2) is 7.43. The van der Waals surface area contributed by atoms with Gasteiger partial charge < -0.3 is 15.5 Å². The predicted molar refractivity (Wildman–Crippen MR) is 95.8 cm³/mol. The number of amides is 2. The Morgan fingerprint density at radius 1 is 1.16 bits per heavy atom. The van der Waals surface area contributed by atoms with Crippen LogP contribution in [0.1, 0.15) is 5.56 Å². The van der Waals surface area contributed by atoms with E-state index in [1.165, 1.54) is 0 Å². The fourth-order valence-corrected chi connectivity index (χ4v) is 2.15. The average Bonchev–Trinajstić information content (AvgIpc) is 3.15. The molecule has 0 aliphatic heterocycles. The largest absolute Gasteiger partial charge is 0.363 e. The number of urea groups is 1. The molecule has 3 aromatic rings. The van der Waals surface area contributed by atoms with Gasteiger partial charge in [-0.2, -0.15) is 0 Å². The molecule has 2 amide bonds. The first-order chi connectivity index (χ1) is 12.1. The Morgan fingerprint density at radius 2 is 2.04 bits per heavy atom. The van der Waals surface area contributed by atoms with Crippen molar-refractivity contribution >= 4 is 17.5 Å². The van der Waals surface area contributed by atoms with E-state index in [0.29, 0.717) is 12.2 Å². The van der Waals surface area contributed by atoms with Gasteiger partial charge in [0.15, 0.2) is 0 Å². The van der Waals surface area contributed by atoms with Gasteiger partial charge in [0.1, 0.15) is 18.0 Å². The summed E-state index contributed by atoms with van der Waals surface area (Å²) >= 11 is 0. The van der Waals surface area contributed by atoms with Crippen LogP contribution < -0.4 is 15.5 Å². The summed E-state index contributed by atoms with van der Waals surface area (Å²) in [5, 5.41) is 5.54. The quantitative estimate of drug-likeness (QED) is 0.744. The molecule has 0 saturated heterocycles. The minimum absolute atomic E-state index is 0.297. The molecule has 8 nitrogen and oxygen atoms in total. The van der Waals surface area contributed by atoms with Crippen molar-refractivity contribution in [2.45, 2.75) is 6.54 Å². The van der Waals surface area contributed by atoms with Crippen LogP contribution in [0.5, 0.6) is 0 Å². The summed E-state index contributed by atoms with van der Waals surface area (Å²) in [6.07, 6.45) is 8.50. The van der Waals surface area contributed by atoms with Crippen LogP contribution in [0.15, 0.2) is 55.4 Å². The van der Waals surface area contributed by atoms with E-state index in [-0.39, 0.29) is 6.03 Å². The van der Waals surface area contributed by atoms with E-state index >= 15 is 0 Å². The van der Waals surface area contributed by atoms with E-state index in [2.05, 4.69) is 25.6 Å². The van der Waals surface area contributed by atoms with Crippen molar-refractivity contribution < 1.29 is 4.79 Å². The number of nitrogens with zero attached hydrogens (tertiary/aromatic N) is 5. The molecule has 2 N–H and O–H groups in total. The van der Waals surface area contributed by atoms with E-state index in [1.54, 1.807) is 47.8 Å². The number of pyridine rings is 2. The maximum absolute atomic E-state index is 12.0. The molecule has 0 unspecified atom stereocenters. The molecule has 0 aliphatic rings. The van der Waals surface area contributed by atoms with Crippen molar-refractivity contribution in [3.8, 4) is 5.82 Å². The number of rotatable bonds is 5. The number of hydrogen-bond donors (Lipinski definition) is 2. The molecule has 3 aromatic heterocycles. The smallest absolute Gasteiger partial charge is 0.319 e. The Morgan fingerprint density at radius 3 is 2.64 bits per heavy atom. The molecule has 8 heteroatoms. The SMILES string of the molecule is CN(C)c1ccc(CNC(=O)Nc2ccc(-n3ccnc3)nc2)cn1. The summed E-state index contributed by atoms with van der Waals surface area (Å²) in [6, 6.07) is 7.14. The van der Waals surface area contributed by atoms with Crippen molar-refractivity contribution in [3.63, 3.8) is 0 Å². The van der Waals surface area contributed by atoms with Crippen LogP contribution >= 0.6 is 0 Å². The summed E-state index contributed by atoms with van der Waals surface area (Å²) in [6.45, 7) is 0.396. The highest BCUT2D eigenvalue weighted by Gasteiger charge is 2.04. The van der Waals surface area contributed by atoms with Crippen molar-refractivity contribution in [2.75, 3.05) is 24.3 Å². The zero-order valence-electron chi connectivity index (χ0n) is 14.0. The van der Waals surface area contributed by atoms with Crippen molar-refractivity contribution in [3.05, 3.63) is 60.9 Å². The van der Waals surface area contributed by atoms with Crippen molar-refractivity contribution in [2.24, 2.45) is 0 Å². The van der Waals surface area contributed by atoms with Gasteiger partial charge in [-0.05, 0) is 23.8 Å². The van der Waals surface area contributed by atoms with Crippen LogP contribution in [0, 0.1) is 0 Å². The predicted octanol–water partition coefficient (Wildman–Crippen LogP) is 2.05. The van der Waals surface area contributed by atoms with Crippen LogP contribution in [-0.4, -0.2) is 39.6 Å². The molecule has 0 bridgehead atoms. The molecular formula is C17H19N7O. The van der Waals surface area contributed by atoms with Gasteiger partial charge in [-0.25, -0.2) is 19.7 Å². The minimum atomic E-state index is -0.297. The van der Waals surface area contributed by atoms with Crippen LogP contribution in [0.25, 0.3) is 5.82 Å². The number of imidazole rings is 1. The Bertz CT molecular complexity index is 811. The maximum atomic E-state index is 12.0. The monoisotopic (exact) mass is 337 g/mol. The van der Waals surface area contributed by atoms with Gasteiger partial charge in [-0.1, -0.05) is 6.07 Å². The summed E-state index contributed by atoms with van der Waals surface area (Å²) in [5.41, 5.74) is 1.54. The first-order valence-electron chi connectivity index (χ1n) is 7.73. The molecule has 0 spiro atoms. The molecule has 0 atom stereocenters. The zero-order valence-corrected chi connectivity index (χ0v) is 14.0. The number of anilines is 2. The molecule has 0 aliphatic carbocycles. The van der Waals surface area contributed by atoms with E-state index in [9.17, 15) is 4.79 Å². The van der Waals surface area contributed by atoms with Crippen LogP contribution in [0.2, 0.25) is 0 Å². The minimum Gasteiger partial charge on any atom is -0.363 e. The zero-order chi connectivity index (χ0) is 17.6. The second-order valence-electron chi connectivity index (χ2n) is 5.60. The number of carbonyl (C=O) groups is 1. The van der Waals surface area contributed by atoms with E-state index < -0.39 is 0 Å². The number of aromatic nitrogens is 4. The van der Waals surface area contributed by atoms with Gasteiger partial charge in [0.2, 0.25) is 0 Å². The molecule has 0 aromatic carbocycles. The topological polar surface area (TPSA) is 88.0 Å². The van der Waals surface area contributed by atoms with Gasteiger partial charge in [0.05, 0.1) is 11.9 Å². The molecule has 0 radical (unpaired) electrons. The lowest BCUT2D eigenvalue weighted by atomic mass is 10.3. The van der Waals surface area contributed by atoms with E-state index in [4.69, 9.17) is 0 Å². The molecule has 25 heavy (non-hydrogen) atoms. The Hall–Kier alpha value is -3.42. The van der Waals surface area contributed by atoms with Gasteiger partial charge in [-0.3, -0.25) is 4.57 Å². The van der Waals surface area contributed by atoms with Gasteiger partial charge in [0, 0.05) is 39.2 Å². The fraction of sp³-hybridized carbons (Fsp3) is 0.176. The molecular weight excluding hydrogens is 318 g/mol. The third kappa shape index (κ3) is 4.31. The average molecular weight is 337 g/mol. The summed E-state index contributed by atoms with van der Waals surface area (Å²) < 4.78 is 1.79. The summed E-state index contributed by atoms with van der Waals surface area (Å²) in [5.74, 6) is 1.60. The Balaban J connectivity index is 1.52. The number of nitrogens with one attached hydrogen (secondary N) is 2. The molecule has 0 saturated carbocycles. The highest BCUT2D eigenvalue weighted by Crippen LogP contribution is 2.10. The van der Waals surface area contributed by atoms with Crippen molar-refractivity contribution in [1.29, 1.82) is 0 Å². The lowest BCUT2D eigenvalue weighted by Gasteiger charge is -2.12. The highest BCUT2D eigenvalue weighted by molar-refractivity contribution is 5.89. The summed E-state index contributed by atoms with van der Waals surface area (Å²) in [7, 11) is 3.86. The van der Waals surface area contributed by atoms with Crippen LogP contribution in [0.4, 0.5) is 16.3 Å². The fourth-order valence-electron chi connectivity index (χ4n) is 2.15. The molecule has 3 rings (SSSR count). The molecule has 3 heterocycles. The lowest BCUT2D eigenvalue weighted by Crippen LogP contribution is -2.28. The molecule has 128 valence electrons. The maximum Gasteiger partial charge on any atom is 0.319 e. The normalized spacial score (nSPS) is 10.3. The standard InChI is InChI=1S/C17H19N7O/c1-23(2)15-5-3-13(9-19-15)10-21-17(25)22-14-4-6-16(20-11-14)24-8-7-18-12-24/h3-9,11-12H,10H2,1-2H3,(H2,21,22,25). The van der Waals surface area contributed by atoms with Gasteiger partial charge >= 0.3 is 6.03 Å². The van der Waals surface area contributed by atoms with Crippen LogP contribution in [-0.2, 0) is 6.54 Å². The third-order valence-corrected chi connectivity index (χ3v) is 3.50. The van der Waals surface area contributed by atoms with Crippen molar-refractivity contribution in [1.82, 2.24) is 24.8 Å². The Labute approximate surface area is 145 Å². The van der Waals surface area contributed by atoms with Gasteiger partial charge in [-0.15, -0.1) is 0 Å². The highest BCUT2D eigenvalue weighted by atomic mass is 16.2. The van der Waals surface area contributed by atoms with Gasteiger partial charge in [0.25, 0.3) is 0 Å². The Kier molecular flexibility index (Phi) is 4.89. The summed E-state index contributed by atoms with van der Waals surface area (Å²) in [4.78, 5) is 26.5. The first-order valence-corrected chi connectivity index (χ1v) is 7.73. The number of hydrogen-bond acceptors (Lipinski definition) is 5. The van der Waals surface area contributed by atoms with E-state index in [1.807, 2.05) is 31.1 Å². The third-order valence-electron chi connectivity index (χ3n) is 3.50. The second-order valence-corrected chi connectivity index (χ2v) is 5.60. The van der Waals surface area contributed by atoms with E-state index in [0.717, 1.165) is 17.2 Å². The lowest BCUT2D eigenvalue weighted by molar-refractivity contribution is 0.251. The first kappa shape index (κ1) is 16.4. The van der Waals surface area contributed by atoms with Crippen LogP contribution in [0.3, 0.4) is 0 Å².